The molecule has 7 heteroatoms. The van der Waals surface area contributed by atoms with E-state index in [1.807, 2.05) is 17.1 Å². The van der Waals surface area contributed by atoms with E-state index < -0.39 is 0 Å². The molecule has 0 saturated heterocycles. The van der Waals surface area contributed by atoms with Crippen molar-refractivity contribution in [2.24, 2.45) is 0 Å². The second-order valence-corrected chi connectivity index (χ2v) is 10.8. The summed E-state index contributed by atoms with van der Waals surface area (Å²) in [5, 5.41) is 8.52. The van der Waals surface area contributed by atoms with Crippen LogP contribution < -0.4 is 5.73 Å². The molecule has 0 radical (unpaired) electrons. The molecule has 0 unspecified atom stereocenters. The van der Waals surface area contributed by atoms with E-state index in [0.717, 1.165) is 69.3 Å². The summed E-state index contributed by atoms with van der Waals surface area (Å²) in [5.74, 6) is 0.878. The maximum Gasteiger partial charge on any atom is 0.197 e. The third kappa shape index (κ3) is 16.4. The summed E-state index contributed by atoms with van der Waals surface area (Å²) < 4.78 is 1.89. The van der Waals surface area contributed by atoms with Crippen molar-refractivity contribution in [1.82, 2.24) is 25.0 Å². The molecule has 0 aromatic carbocycles. The molecule has 0 aliphatic rings. The first-order valence-corrected chi connectivity index (χ1v) is 15.5. The van der Waals surface area contributed by atoms with Gasteiger partial charge in [-0.1, -0.05) is 82.1 Å². The van der Waals surface area contributed by atoms with Crippen LogP contribution in [-0.2, 0) is 24.2 Å². The number of aromatic amines is 1. The van der Waals surface area contributed by atoms with Gasteiger partial charge in [0.25, 0.3) is 0 Å². The lowest BCUT2D eigenvalue weighted by Crippen LogP contribution is -2.03. The van der Waals surface area contributed by atoms with Gasteiger partial charge in [-0.3, -0.25) is 9.48 Å². The minimum Gasteiger partial charge on any atom is -0.369 e. The summed E-state index contributed by atoms with van der Waals surface area (Å²) in [7, 11) is 0. The molecule has 0 aliphatic carbocycles. The van der Waals surface area contributed by atoms with Crippen LogP contribution >= 0.6 is 0 Å². The number of aryl methyl sites for hydroxylation is 3. The number of unbranched alkanes of at least 4 members (excludes halogenated alkanes) is 13. The Morgan fingerprint density at radius 3 is 2.18 bits per heavy atom. The number of anilines is 1. The molecular weight excluding hydrogens is 472 g/mol. The number of nitrogen functional groups attached to an aromatic ring is 1. The van der Waals surface area contributed by atoms with Gasteiger partial charge in [-0.25, -0.2) is 4.98 Å². The van der Waals surface area contributed by atoms with Crippen molar-refractivity contribution < 1.29 is 4.79 Å². The van der Waals surface area contributed by atoms with Gasteiger partial charge in [-0.15, -0.1) is 5.10 Å². The second kappa shape index (κ2) is 21.5. The van der Waals surface area contributed by atoms with Gasteiger partial charge < -0.3 is 10.7 Å². The number of allylic oxidation sites excluding steroid dienone is 2. The molecule has 38 heavy (non-hydrogen) atoms. The first-order chi connectivity index (χ1) is 18.7. The Hall–Kier alpha value is -2.44. The molecule has 2 aromatic rings. The molecule has 3 N–H and O–H groups in total. The molecule has 2 aromatic heterocycles. The van der Waals surface area contributed by atoms with Gasteiger partial charge in [0, 0.05) is 31.3 Å². The predicted molar refractivity (Wildman–Crippen MR) is 158 cm³/mol. The fourth-order valence-corrected chi connectivity index (χ4v) is 4.82. The third-order valence-corrected chi connectivity index (χ3v) is 7.17. The highest BCUT2D eigenvalue weighted by Crippen LogP contribution is 2.12. The number of imidazole rings is 1. The zero-order chi connectivity index (χ0) is 27.1. The third-order valence-electron chi connectivity index (χ3n) is 7.17. The van der Waals surface area contributed by atoms with E-state index in [1.54, 1.807) is 0 Å². The first-order valence-electron chi connectivity index (χ1n) is 15.5. The van der Waals surface area contributed by atoms with E-state index in [0.29, 0.717) is 18.2 Å². The molecule has 0 fully saturated rings. The number of aromatic nitrogens is 5. The number of rotatable bonds is 25. The standard InChI is InChI=1S/C31H54N6O/c1-2-3-4-5-6-7-8-9-10-11-12-13-14-15-19-23-30(38)24-20-25-37-27-29(35-36-37)22-18-16-17-21-28-26-33-31(32)34-28/h9-10,26-27H,2-8,11-25H2,1H3,(H3,32,33,34). The zero-order valence-electron chi connectivity index (χ0n) is 24.1. The summed E-state index contributed by atoms with van der Waals surface area (Å²) in [6.45, 7) is 3.04. The normalized spacial score (nSPS) is 11.6. The van der Waals surface area contributed by atoms with Crippen molar-refractivity contribution >= 4 is 11.7 Å². The topological polar surface area (TPSA) is 102 Å². The maximum absolute atomic E-state index is 12.2. The fourth-order valence-electron chi connectivity index (χ4n) is 4.82. The van der Waals surface area contributed by atoms with Crippen LogP contribution in [0.4, 0.5) is 5.95 Å². The van der Waals surface area contributed by atoms with Gasteiger partial charge >= 0.3 is 0 Å². The Morgan fingerprint density at radius 2 is 1.47 bits per heavy atom. The highest BCUT2D eigenvalue weighted by molar-refractivity contribution is 5.78. The largest absolute Gasteiger partial charge is 0.369 e. The second-order valence-electron chi connectivity index (χ2n) is 10.8. The highest BCUT2D eigenvalue weighted by atomic mass is 16.1. The summed E-state index contributed by atoms with van der Waals surface area (Å²) >= 11 is 0. The monoisotopic (exact) mass is 526 g/mol. The van der Waals surface area contributed by atoms with Crippen LogP contribution in [0.2, 0.25) is 0 Å². The van der Waals surface area contributed by atoms with E-state index in [9.17, 15) is 4.79 Å². The lowest BCUT2D eigenvalue weighted by molar-refractivity contribution is -0.119. The quantitative estimate of drug-likeness (QED) is 0.101. The smallest absolute Gasteiger partial charge is 0.197 e. The molecule has 7 nitrogen and oxygen atoms in total. The zero-order valence-corrected chi connectivity index (χ0v) is 24.1. The lowest BCUT2D eigenvalue weighted by Gasteiger charge is -2.02. The summed E-state index contributed by atoms with van der Waals surface area (Å²) in [4.78, 5) is 19.3. The average molecular weight is 527 g/mol. The van der Waals surface area contributed by atoms with E-state index >= 15 is 0 Å². The van der Waals surface area contributed by atoms with Crippen molar-refractivity contribution in [3.8, 4) is 0 Å². The van der Waals surface area contributed by atoms with Crippen molar-refractivity contribution in [2.45, 2.75) is 148 Å². The molecule has 0 aliphatic heterocycles. The Kier molecular flexibility index (Phi) is 18.0. The van der Waals surface area contributed by atoms with Crippen molar-refractivity contribution in [1.29, 1.82) is 0 Å². The average Bonchev–Trinajstić information content (AvgIpc) is 3.54. The van der Waals surface area contributed by atoms with E-state index in [-0.39, 0.29) is 0 Å². The number of H-pyrrole nitrogens is 1. The molecule has 2 heterocycles. The first kappa shape index (κ1) is 31.8. The van der Waals surface area contributed by atoms with Gasteiger partial charge in [0.1, 0.15) is 5.78 Å². The number of nitrogens with zero attached hydrogens (tertiary/aromatic N) is 4. The molecule has 0 atom stereocenters. The number of nitrogens with two attached hydrogens (primary N) is 1. The number of Topliss-reactive ketones (excluding diaryl/α,β-unsaturated/α-hetero) is 1. The van der Waals surface area contributed by atoms with Crippen LogP contribution in [0.1, 0.15) is 140 Å². The minimum atomic E-state index is 0.391. The number of carbonyl (C=O) groups excluding carboxylic acids is 1. The number of ketones is 1. The summed E-state index contributed by atoms with van der Waals surface area (Å²) in [6, 6.07) is 0. The predicted octanol–water partition coefficient (Wildman–Crippen LogP) is 7.93. The van der Waals surface area contributed by atoms with Crippen LogP contribution in [0.25, 0.3) is 0 Å². The van der Waals surface area contributed by atoms with Crippen LogP contribution in [0.3, 0.4) is 0 Å². The SMILES string of the molecule is CCCCCCCCC=CCCCCCCCC(=O)CCCn1cc(CCCCCc2cnc(N)[nH]2)nn1. The van der Waals surface area contributed by atoms with Gasteiger partial charge in [0.2, 0.25) is 0 Å². The number of hydrogen-bond acceptors (Lipinski definition) is 5. The fraction of sp³-hybridized carbons (Fsp3) is 0.742. The van der Waals surface area contributed by atoms with Gasteiger partial charge in [0.15, 0.2) is 5.95 Å². The molecule has 214 valence electrons. The maximum atomic E-state index is 12.2. The van der Waals surface area contributed by atoms with Gasteiger partial charge in [0.05, 0.1) is 11.9 Å². The molecule has 0 amide bonds. The lowest BCUT2D eigenvalue weighted by atomic mass is 10.0. The Balaban J connectivity index is 1.36. The number of nitrogens with one attached hydrogen (secondary N) is 1. The number of hydrogen-bond donors (Lipinski definition) is 2. The highest BCUT2D eigenvalue weighted by Gasteiger charge is 2.05. The van der Waals surface area contributed by atoms with Gasteiger partial charge in [-0.2, -0.15) is 0 Å². The van der Waals surface area contributed by atoms with Crippen molar-refractivity contribution in [3.05, 3.63) is 35.9 Å². The Bertz CT molecular complexity index is 871. The minimum absolute atomic E-state index is 0.391. The molecule has 0 spiro atoms. The van der Waals surface area contributed by atoms with E-state index in [2.05, 4.69) is 39.4 Å². The molecule has 0 saturated carbocycles. The molecule has 0 bridgehead atoms. The Morgan fingerprint density at radius 1 is 0.842 bits per heavy atom. The number of carbonyl (C=O) groups is 1. The van der Waals surface area contributed by atoms with Crippen molar-refractivity contribution in [3.63, 3.8) is 0 Å². The molecular formula is C31H54N6O. The van der Waals surface area contributed by atoms with Crippen LogP contribution in [0.5, 0.6) is 0 Å². The Labute approximate surface area is 231 Å². The van der Waals surface area contributed by atoms with Crippen LogP contribution in [0, 0.1) is 0 Å². The van der Waals surface area contributed by atoms with E-state index in [4.69, 9.17) is 5.73 Å². The summed E-state index contributed by atoms with van der Waals surface area (Å²) in [5.41, 5.74) is 7.74. The van der Waals surface area contributed by atoms with Crippen molar-refractivity contribution in [2.75, 3.05) is 5.73 Å². The van der Waals surface area contributed by atoms with Crippen LogP contribution in [-0.4, -0.2) is 30.7 Å². The van der Waals surface area contributed by atoms with Gasteiger partial charge in [-0.05, 0) is 64.2 Å². The summed E-state index contributed by atoms with van der Waals surface area (Å²) in [6.07, 6.45) is 32.8. The molecule has 2 rings (SSSR count). The van der Waals surface area contributed by atoms with Crippen LogP contribution in [0.15, 0.2) is 24.5 Å². The van der Waals surface area contributed by atoms with E-state index in [1.165, 1.54) is 77.0 Å².